The van der Waals surface area contributed by atoms with E-state index in [1.807, 2.05) is 0 Å². The minimum Gasteiger partial charge on any atom is -0.462 e. The van der Waals surface area contributed by atoms with Crippen LogP contribution in [0.5, 0.6) is 0 Å². The lowest BCUT2D eigenvalue weighted by Gasteiger charge is -2.11. The van der Waals surface area contributed by atoms with E-state index in [2.05, 4.69) is 31.3 Å². The number of fused-ring (bicyclic) bond motifs is 1. The molecule has 1 amide bonds. The highest BCUT2D eigenvalue weighted by Gasteiger charge is 2.37. The van der Waals surface area contributed by atoms with Crippen LogP contribution >= 0.6 is 27.3 Å². The van der Waals surface area contributed by atoms with Crippen LogP contribution in [0.1, 0.15) is 55.6 Å². The first-order valence-corrected chi connectivity index (χ1v) is 13.1. The van der Waals surface area contributed by atoms with Gasteiger partial charge in [0, 0.05) is 5.56 Å². The number of carbonyl (C=O) groups is 3. The first-order chi connectivity index (χ1) is 18.5. The summed E-state index contributed by atoms with van der Waals surface area (Å²) in [6.07, 6.45) is -4.82. The van der Waals surface area contributed by atoms with Gasteiger partial charge >= 0.3 is 18.1 Å². The topological polar surface area (TPSA) is 112 Å². The number of rotatable bonds is 7. The fraction of sp³-hybridized carbons (Fsp3) is 0.240. The highest BCUT2D eigenvalue weighted by molar-refractivity contribution is 9.10. The van der Waals surface area contributed by atoms with Crippen LogP contribution in [0, 0.1) is 6.92 Å². The molecule has 0 saturated heterocycles. The normalized spacial score (nSPS) is 11.5. The van der Waals surface area contributed by atoms with E-state index in [1.165, 1.54) is 6.92 Å². The SMILES string of the molecule is CCOC(=O)c1sc(NC(=O)c2nn3c(C(F)(F)F)cc(-c4ccccc4)nc3c2Br)c(C(=O)OCC)c1C. The summed E-state index contributed by atoms with van der Waals surface area (Å²) in [5.41, 5.74) is -1.18. The summed E-state index contributed by atoms with van der Waals surface area (Å²) in [4.78, 5) is 42.7. The largest absolute Gasteiger partial charge is 0.462 e. The maximum Gasteiger partial charge on any atom is 0.433 e. The van der Waals surface area contributed by atoms with Crippen LogP contribution in [-0.2, 0) is 15.7 Å². The van der Waals surface area contributed by atoms with Crippen molar-refractivity contribution in [3.63, 3.8) is 0 Å². The minimum atomic E-state index is -4.82. The first-order valence-electron chi connectivity index (χ1n) is 11.5. The van der Waals surface area contributed by atoms with Crippen LogP contribution in [0.2, 0.25) is 0 Å². The summed E-state index contributed by atoms with van der Waals surface area (Å²) in [6.45, 7) is 4.82. The Morgan fingerprint density at radius 2 is 1.72 bits per heavy atom. The molecule has 1 aromatic carbocycles. The third-order valence-electron chi connectivity index (χ3n) is 5.42. The molecule has 0 aliphatic rings. The van der Waals surface area contributed by atoms with Gasteiger partial charge < -0.3 is 14.8 Å². The highest BCUT2D eigenvalue weighted by Crippen LogP contribution is 2.37. The Balaban J connectivity index is 1.82. The molecule has 39 heavy (non-hydrogen) atoms. The van der Waals surface area contributed by atoms with E-state index in [0.29, 0.717) is 10.1 Å². The molecule has 4 rings (SSSR count). The fourth-order valence-corrected chi connectivity index (χ4v) is 5.30. The second-order valence-corrected chi connectivity index (χ2v) is 9.76. The van der Waals surface area contributed by atoms with Gasteiger partial charge in [0.05, 0.1) is 28.9 Å². The predicted octanol–water partition coefficient (Wildman–Crippen LogP) is 6.15. The summed E-state index contributed by atoms with van der Waals surface area (Å²) in [5, 5.41) is 6.33. The number of hydrogen-bond acceptors (Lipinski definition) is 8. The maximum atomic E-state index is 14.0. The molecular weight excluding hydrogens is 605 g/mol. The van der Waals surface area contributed by atoms with E-state index in [1.54, 1.807) is 44.2 Å². The van der Waals surface area contributed by atoms with E-state index in [0.717, 1.165) is 17.4 Å². The number of amides is 1. The third-order valence-corrected chi connectivity index (χ3v) is 7.34. The summed E-state index contributed by atoms with van der Waals surface area (Å²) >= 11 is 3.95. The molecular formula is C25H20BrF3N4O5S. The second-order valence-electron chi connectivity index (χ2n) is 7.94. The molecule has 0 spiro atoms. The van der Waals surface area contributed by atoms with Crippen molar-refractivity contribution in [1.82, 2.24) is 14.6 Å². The standard InChI is InChI=1S/C25H20BrF3N4O5S/c1-4-37-23(35)16-12(3)19(24(36)38-5-2)39-22(16)31-21(34)18-17(26)20-30-14(13-9-7-6-8-10-13)11-15(25(27,28)29)33(20)32-18/h6-11H,4-5H2,1-3H3,(H,31,34). The number of alkyl halides is 3. The number of aromatic nitrogens is 3. The Morgan fingerprint density at radius 3 is 2.33 bits per heavy atom. The predicted molar refractivity (Wildman–Crippen MR) is 140 cm³/mol. The summed E-state index contributed by atoms with van der Waals surface area (Å²) in [6, 6.07) is 9.09. The fourth-order valence-electron chi connectivity index (χ4n) is 3.70. The third kappa shape index (κ3) is 5.52. The first kappa shape index (κ1) is 28.2. The van der Waals surface area contributed by atoms with Crippen molar-refractivity contribution >= 4 is 55.8 Å². The molecule has 0 fully saturated rings. The van der Waals surface area contributed by atoms with Gasteiger partial charge in [-0.25, -0.2) is 19.1 Å². The Kier molecular flexibility index (Phi) is 8.07. The lowest BCUT2D eigenvalue weighted by molar-refractivity contribution is -0.142. The van der Waals surface area contributed by atoms with E-state index in [9.17, 15) is 27.6 Å². The zero-order valence-corrected chi connectivity index (χ0v) is 23.1. The van der Waals surface area contributed by atoms with Crippen molar-refractivity contribution in [3.8, 4) is 11.3 Å². The lowest BCUT2D eigenvalue weighted by Crippen LogP contribution is -2.17. The number of hydrogen-bond donors (Lipinski definition) is 1. The summed E-state index contributed by atoms with van der Waals surface area (Å²) in [7, 11) is 0. The van der Waals surface area contributed by atoms with Crippen molar-refractivity contribution in [3.05, 3.63) is 68.3 Å². The van der Waals surface area contributed by atoms with Crippen LogP contribution in [0.25, 0.3) is 16.9 Å². The molecule has 204 valence electrons. The monoisotopic (exact) mass is 624 g/mol. The molecule has 0 unspecified atom stereocenters. The zero-order chi connectivity index (χ0) is 28.5. The van der Waals surface area contributed by atoms with Gasteiger partial charge in [-0.3, -0.25) is 4.79 Å². The average Bonchev–Trinajstić information content (AvgIpc) is 3.40. The minimum absolute atomic E-state index is 0.0283. The molecule has 0 atom stereocenters. The van der Waals surface area contributed by atoms with Crippen molar-refractivity contribution in [2.45, 2.75) is 26.9 Å². The molecule has 9 nitrogen and oxygen atoms in total. The van der Waals surface area contributed by atoms with Crippen LogP contribution < -0.4 is 5.32 Å². The van der Waals surface area contributed by atoms with Gasteiger partial charge in [0.25, 0.3) is 5.91 Å². The smallest absolute Gasteiger partial charge is 0.433 e. The molecule has 0 saturated carbocycles. The molecule has 3 heterocycles. The van der Waals surface area contributed by atoms with Gasteiger partial charge in [0.2, 0.25) is 0 Å². The molecule has 14 heteroatoms. The van der Waals surface area contributed by atoms with Crippen molar-refractivity contribution in [2.24, 2.45) is 0 Å². The lowest BCUT2D eigenvalue weighted by atomic mass is 10.1. The highest BCUT2D eigenvalue weighted by atomic mass is 79.9. The Bertz CT molecular complexity index is 1580. The number of halogens is 4. The summed E-state index contributed by atoms with van der Waals surface area (Å²) in [5.74, 6) is -2.43. The van der Waals surface area contributed by atoms with Crippen molar-refractivity contribution < 1.29 is 37.0 Å². The van der Waals surface area contributed by atoms with E-state index in [4.69, 9.17) is 9.47 Å². The quantitative estimate of drug-likeness (QED) is 0.245. The molecule has 0 aliphatic carbocycles. The van der Waals surface area contributed by atoms with Gasteiger partial charge in [-0.15, -0.1) is 11.3 Å². The van der Waals surface area contributed by atoms with Crippen LogP contribution in [-0.4, -0.2) is 45.7 Å². The van der Waals surface area contributed by atoms with Crippen LogP contribution in [0.15, 0.2) is 40.9 Å². The number of carbonyl (C=O) groups excluding carboxylic acids is 3. The second kappa shape index (κ2) is 11.1. The molecule has 0 aliphatic heterocycles. The Labute approximate surface area is 232 Å². The average molecular weight is 625 g/mol. The molecule has 4 aromatic rings. The zero-order valence-electron chi connectivity index (χ0n) is 20.7. The van der Waals surface area contributed by atoms with E-state index in [-0.39, 0.29) is 50.0 Å². The number of anilines is 1. The molecule has 0 bridgehead atoms. The van der Waals surface area contributed by atoms with Gasteiger partial charge in [-0.2, -0.15) is 18.3 Å². The van der Waals surface area contributed by atoms with Crippen molar-refractivity contribution in [2.75, 3.05) is 18.5 Å². The number of benzene rings is 1. The number of nitrogens with zero attached hydrogens (tertiary/aromatic N) is 3. The van der Waals surface area contributed by atoms with Crippen LogP contribution in [0.3, 0.4) is 0 Å². The van der Waals surface area contributed by atoms with E-state index < -0.39 is 35.4 Å². The van der Waals surface area contributed by atoms with E-state index >= 15 is 0 Å². The Morgan fingerprint density at radius 1 is 1.08 bits per heavy atom. The molecule has 3 aromatic heterocycles. The number of ether oxygens (including phenoxy) is 2. The molecule has 0 radical (unpaired) electrons. The van der Waals surface area contributed by atoms with Gasteiger partial charge in [-0.05, 0) is 48.3 Å². The van der Waals surface area contributed by atoms with Gasteiger partial charge in [-0.1, -0.05) is 30.3 Å². The van der Waals surface area contributed by atoms with Crippen LogP contribution in [0.4, 0.5) is 18.2 Å². The number of thiophene rings is 1. The van der Waals surface area contributed by atoms with Crippen molar-refractivity contribution in [1.29, 1.82) is 0 Å². The van der Waals surface area contributed by atoms with Gasteiger partial charge in [0.15, 0.2) is 17.0 Å². The number of esters is 2. The Hall–Kier alpha value is -3.78. The van der Waals surface area contributed by atoms with Gasteiger partial charge in [0.1, 0.15) is 9.88 Å². The number of nitrogens with one attached hydrogen (secondary N) is 1. The summed E-state index contributed by atoms with van der Waals surface area (Å²) < 4.78 is 52.5. The maximum absolute atomic E-state index is 14.0. The molecule has 1 N–H and O–H groups in total.